The summed E-state index contributed by atoms with van der Waals surface area (Å²) in [6.07, 6.45) is 1.72. The van der Waals surface area contributed by atoms with Crippen LogP contribution in [-0.4, -0.2) is 69.7 Å². The van der Waals surface area contributed by atoms with Crippen LogP contribution in [0.25, 0.3) is 17.2 Å². The number of thioether (sulfide) groups is 1. The maximum absolute atomic E-state index is 12.6. The van der Waals surface area contributed by atoms with E-state index in [4.69, 9.17) is 9.47 Å². The molecule has 9 heteroatoms. The van der Waals surface area contributed by atoms with Gasteiger partial charge in [-0.2, -0.15) is 0 Å². The van der Waals surface area contributed by atoms with Gasteiger partial charge in [-0.3, -0.25) is 14.3 Å². The van der Waals surface area contributed by atoms with Crippen molar-refractivity contribution < 1.29 is 14.3 Å². The number of ether oxygens (including phenoxy) is 2. The molecule has 0 radical (unpaired) electrons. The van der Waals surface area contributed by atoms with Crippen molar-refractivity contribution in [1.29, 1.82) is 0 Å². The van der Waals surface area contributed by atoms with Crippen LogP contribution >= 0.6 is 11.8 Å². The number of nitrogens with zero attached hydrogens (tertiary/aromatic N) is 5. The fourth-order valence-electron chi connectivity index (χ4n) is 3.04. The fraction of sp³-hybridized carbons (Fsp3) is 0.300. The number of hydrogen-bond acceptors (Lipinski definition) is 7. The highest BCUT2D eigenvalue weighted by molar-refractivity contribution is 7.99. The largest absolute Gasteiger partial charge is 0.497 e. The Hall–Kier alpha value is -2.91. The Labute approximate surface area is 172 Å². The number of carbonyl (C=O) groups excluding carboxylic acids is 1. The van der Waals surface area contributed by atoms with Gasteiger partial charge >= 0.3 is 0 Å². The average Bonchev–Trinajstić information content (AvgIpc) is 3.22. The molecule has 0 atom stereocenters. The van der Waals surface area contributed by atoms with Crippen molar-refractivity contribution in [3.63, 3.8) is 0 Å². The second kappa shape index (κ2) is 9.06. The highest BCUT2D eigenvalue weighted by Crippen LogP contribution is 2.28. The predicted molar refractivity (Wildman–Crippen MR) is 109 cm³/mol. The highest BCUT2D eigenvalue weighted by Gasteiger charge is 2.21. The molecule has 1 amide bonds. The molecular weight excluding hydrogens is 390 g/mol. The van der Waals surface area contributed by atoms with Gasteiger partial charge in [-0.1, -0.05) is 23.9 Å². The van der Waals surface area contributed by atoms with Crippen LogP contribution in [0.2, 0.25) is 0 Å². The van der Waals surface area contributed by atoms with E-state index in [1.807, 2.05) is 51.9 Å². The third-order valence-corrected chi connectivity index (χ3v) is 5.44. The lowest BCUT2D eigenvalue weighted by Crippen LogP contribution is -2.41. The summed E-state index contributed by atoms with van der Waals surface area (Å²) in [6.45, 7) is 2.42. The Balaban J connectivity index is 1.64. The van der Waals surface area contributed by atoms with Crippen molar-refractivity contribution >= 4 is 17.7 Å². The van der Waals surface area contributed by atoms with Gasteiger partial charge in [0.1, 0.15) is 11.4 Å². The molecule has 4 rings (SSSR count). The molecule has 1 saturated heterocycles. The van der Waals surface area contributed by atoms with Crippen LogP contribution in [0.5, 0.6) is 5.75 Å². The lowest BCUT2D eigenvalue weighted by atomic mass is 10.2. The van der Waals surface area contributed by atoms with E-state index in [1.54, 1.807) is 13.3 Å². The molecule has 29 heavy (non-hydrogen) atoms. The first kappa shape index (κ1) is 19.4. The van der Waals surface area contributed by atoms with Crippen LogP contribution in [0.15, 0.2) is 53.8 Å². The molecule has 0 N–H and O–H groups in total. The maximum atomic E-state index is 12.6. The Kier molecular flexibility index (Phi) is 6.06. The summed E-state index contributed by atoms with van der Waals surface area (Å²) in [5.74, 6) is 1.69. The summed E-state index contributed by atoms with van der Waals surface area (Å²) in [5, 5.41) is 9.32. The third-order valence-electron chi connectivity index (χ3n) is 4.53. The fourth-order valence-corrected chi connectivity index (χ4v) is 3.89. The van der Waals surface area contributed by atoms with E-state index in [9.17, 15) is 4.79 Å². The molecule has 1 fully saturated rings. The number of aromatic nitrogens is 4. The number of methoxy groups -OCH3 is 1. The van der Waals surface area contributed by atoms with Gasteiger partial charge in [0.2, 0.25) is 5.91 Å². The lowest BCUT2D eigenvalue weighted by molar-refractivity contribution is -0.132. The van der Waals surface area contributed by atoms with Crippen molar-refractivity contribution in [1.82, 2.24) is 24.6 Å². The molecule has 2 aromatic heterocycles. The standard InChI is InChI=1S/C20H21N5O3S/c1-27-16-6-4-5-15(13-16)25-19(17-7-2-3-8-21-17)22-23-20(25)29-14-18(26)24-9-11-28-12-10-24/h2-8,13H,9-12,14H2,1H3. The van der Waals surface area contributed by atoms with Gasteiger partial charge in [-0.25, -0.2) is 0 Å². The van der Waals surface area contributed by atoms with Gasteiger partial charge in [-0.05, 0) is 24.3 Å². The predicted octanol–water partition coefficient (Wildman–Crippen LogP) is 2.29. The number of amides is 1. The third kappa shape index (κ3) is 4.41. The van der Waals surface area contributed by atoms with E-state index in [0.717, 1.165) is 11.4 Å². The Bertz CT molecular complexity index is 973. The first-order valence-electron chi connectivity index (χ1n) is 9.26. The van der Waals surface area contributed by atoms with Crippen molar-refractivity contribution in [3.8, 4) is 23.0 Å². The number of hydrogen-bond donors (Lipinski definition) is 0. The van der Waals surface area contributed by atoms with Gasteiger partial charge in [0, 0.05) is 25.4 Å². The van der Waals surface area contributed by atoms with Gasteiger partial charge < -0.3 is 14.4 Å². The summed E-state index contributed by atoms with van der Waals surface area (Å²) < 4.78 is 12.6. The van der Waals surface area contributed by atoms with E-state index in [-0.39, 0.29) is 11.7 Å². The monoisotopic (exact) mass is 411 g/mol. The van der Waals surface area contributed by atoms with E-state index in [0.29, 0.717) is 43.0 Å². The maximum Gasteiger partial charge on any atom is 0.233 e. The van der Waals surface area contributed by atoms with Gasteiger partial charge in [0.25, 0.3) is 0 Å². The van der Waals surface area contributed by atoms with Crippen LogP contribution in [0, 0.1) is 0 Å². The normalized spacial score (nSPS) is 14.0. The van der Waals surface area contributed by atoms with Crippen LogP contribution in [0.3, 0.4) is 0 Å². The molecule has 0 saturated carbocycles. The van der Waals surface area contributed by atoms with Gasteiger partial charge in [0.15, 0.2) is 11.0 Å². The Morgan fingerprint density at radius 1 is 1.17 bits per heavy atom. The summed E-state index contributed by atoms with van der Waals surface area (Å²) in [6, 6.07) is 13.3. The molecule has 0 spiro atoms. The quantitative estimate of drug-likeness (QED) is 0.576. The van der Waals surface area contributed by atoms with E-state index in [2.05, 4.69) is 15.2 Å². The molecule has 150 valence electrons. The van der Waals surface area contributed by atoms with E-state index in [1.165, 1.54) is 11.8 Å². The Morgan fingerprint density at radius 2 is 2.03 bits per heavy atom. The second-order valence-corrected chi connectivity index (χ2v) is 7.28. The SMILES string of the molecule is COc1cccc(-n2c(SCC(=O)N3CCOCC3)nnc2-c2ccccn2)c1. The van der Waals surface area contributed by atoms with Gasteiger partial charge in [0.05, 0.1) is 31.8 Å². The summed E-state index contributed by atoms with van der Waals surface area (Å²) in [5.41, 5.74) is 1.55. The molecule has 0 bridgehead atoms. The number of morpholine rings is 1. The first-order valence-corrected chi connectivity index (χ1v) is 10.2. The van der Waals surface area contributed by atoms with Crippen molar-refractivity contribution in [2.24, 2.45) is 0 Å². The molecule has 0 unspecified atom stereocenters. The molecule has 0 aliphatic carbocycles. The zero-order chi connectivity index (χ0) is 20.1. The number of rotatable bonds is 6. The minimum Gasteiger partial charge on any atom is -0.497 e. The molecule has 1 aromatic carbocycles. The van der Waals surface area contributed by atoms with Crippen LogP contribution in [0.1, 0.15) is 0 Å². The first-order chi connectivity index (χ1) is 14.3. The zero-order valence-electron chi connectivity index (χ0n) is 16.0. The van der Waals surface area contributed by atoms with Crippen molar-refractivity contribution in [3.05, 3.63) is 48.7 Å². The lowest BCUT2D eigenvalue weighted by Gasteiger charge is -2.26. The van der Waals surface area contributed by atoms with Crippen LogP contribution in [-0.2, 0) is 9.53 Å². The number of pyridine rings is 1. The van der Waals surface area contributed by atoms with E-state index >= 15 is 0 Å². The minimum atomic E-state index is 0.0675. The molecular formula is C20H21N5O3S. The molecule has 1 aliphatic heterocycles. The molecule has 3 aromatic rings. The number of benzene rings is 1. The highest BCUT2D eigenvalue weighted by atomic mass is 32.2. The number of carbonyl (C=O) groups is 1. The average molecular weight is 411 g/mol. The topological polar surface area (TPSA) is 82.4 Å². The van der Waals surface area contributed by atoms with Gasteiger partial charge in [-0.15, -0.1) is 10.2 Å². The van der Waals surface area contributed by atoms with Crippen LogP contribution < -0.4 is 4.74 Å². The van der Waals surface area contributed by atoms with Crippen molar-refractivity contribution in [2.45, 2.75) is 5.16 Å². The zero-order valence-corrected chi connectivity index (χ0v) is 16.8. The summed E-state index contributed by atoms with van der Waals surface area (Å²) in [7, 11) is 1.63. The Morgan fingerprint density at radius 3 is 2.79 bits per heavy atom. The molecule has 3 heterocycles. The van der Waals surface area contributed by atoms with Crippen LogP contribution in [0.4, 0.5) is 0 Å². The minimum absolute atomic E-state index is 0.0675. The smallest absolute Gasteiger partial charge is 0.233 e. The molecule has 1 aliphatic rings. The summed E-state index contributed by atoms with van der Waals surface area (Å²) >= 11 is 1.36. The van der Waals surface area contributed by atoms with E-state index < -0.39 is 0 Å². The van der Waals surface area contributed by atoms with Crippen molar-refractivity contribution in [2.75, 3.05) is 39.2 Å². The molecule has 8 nitrogen and oxygen atoms in total. The summed E-state index contributed by atoms with van der Waals surface area (Å²) in [4.78, 5) is 18.8. The second-order valence-electron chi connectivity index (χ2n) is 6.34.